The standard InChI is InChI=1S/C30H26ClF5N4O3/c1-29(33)15-19(16-29)38-27(42)26(21-7-2-3-8-22(21)31)39(20-6-4-5-18(32)14-20)28(43)23-9-10-25(41)40(23)24-13-17(11-12-37-24)30(34,35)36/h2-8,11-14,19,23,26H,9-10,15-16H2,1H3,(H,38,42)/t19?,23-,26-,29?/m0/s1. The van der Waals surface area contributed by atoms with Crippen LogP contribution in [0, 0.1) is 5.82 Å². The first-order chi connectivity index (χ1) is 20.2. The summed E-state index contributed by atoms with van der Waals surface area (Å²) in [5.74, 6) is -3.40. The minimum absolute atomic E-state index is 0.0357. The Morgan fingerprint density at radius 3 is 2.49 bits per heavy atom. The third-order valence-corrected chi connectivity index (χ3v) is 7.88. The molecule has 2 aliphatic rings. The maximum Gasteiger partial charge on any atom is 0.416 e. The zero-order valence-electron chi connectivity index (χ0n) is 22.7. The number of nitrogens with one attached hydrogen (secondary N) is 1. The predicted octanol–water partition coefficient (Wildman–Crippen LogP) is 6.17. The molecule has 0 unspecified atom stereocenters. The van der Waals surface area contributed by atoms with Crippen LogP contribution in [0.3, 0.4) is 0 Å². The van der Waals surface area contributed by atoms with Crippen LogP contribution in [0.5, 0.6) is 0 Å². The molecule has 1 N–H and O–H groups in total. The van der Waals surface area contributed by atoms with Gasteiger partial charge in [0, 0.05) is 47.8 Å². The fraction of sp³-hybridized carbons (Fsp3) is 0.333. The van der Waals surface area contributed by atoms with E-state index in [4.69, 9.17) is 11.6 Å². The average Bonchev–Trinajstić information content (AvgIpc) is 3.31. The lowest BCUT2D eigenvalue weighted by molar-refractivity contribution is -0.137. The van der Waals surface area contributed by atoms with Crippen LogP contribution >= 0.6 is 11.6 Å². The van der Waals surface area contributed by atoms with E-state index < -0.39 is 64.9 Å². The van der Waals surface area contributed by atoms with E-state index >= 15 is 0 Å². The SMILES string of the molecule is CC1(F)CC(NC(=O)[C@H](c2ccccc2Cl)N(C(=O)[C@@H]2CCC(=O)N2c2cc(C(F)(F)F)ccn2)c2cccc(F)c2)C1. The molecule has 226 valence electrons. The number of pyridine rings is 1. The van der Waals surface area contributed by atoms with Crippen molar-refractivity contribution < 1.29 is 36.3 Å². The van der Waals surface area contributed by atoms with Gasteiger partial charge in [-0.1, -0.05) is 35.9 Å². The second-order valence-electron chi connectivity index (χ2n) is 10.9. The van der Waals surface area contributed by atoms with E-state index in [2.05, 4.69) is 10.3 Å². The largest absolute Gasteiger partial charge is 0.416 e. The molecule has 2 fully saturated rings. The predicted molar refractivity (Wildman–Crippen MR) is 149 cm³/mol. The van der Waals surface area contributed by atoms with Crippen molar-refractivity contribution in [3.8, 4) is 0 Å². The first kappa shape index (κ1) is 30.4. The smallest absolute Gasteiger partial charge is 0.351 e. The monoisotopic (exact) mass is 620 g/mol. The molecule has 1 aliphatic heterocycles. The highest BCUT2D eigenvalue weighted by atomic mass is 35.5. The third kappa shape index (κ3) is 6.34. The highest BCUT2D eigenvalue weighted by molar-refractivity contribution is 6.31. The van der Waals surface area contributed by atoms with E-state index in [1.165, 1.54) is 31.2 Å². The van der Waals surface area contributed by atoms with Crippen molar-refractivity contribution in [3.05, 3.63) is 88.8 Å². The number of hydrogen-bond acceptors (Lipinski definition) is 4. The number of rotatable bonds is 7. The number of aromatic nitrogens is 1. The number of carbonyl (C=O) groups is 3. The summed E-state index contributed by atoms with van der Waals surface area (Å²) in [7, 11) is 0. The third-order valence-electron chi connectivity index (χ3n) is 7.54. The number of amides is 3. The quantitative estimate of drug-likeness (QED) is 0.320. The summed E-state index contributed by atoms with van der Waals surface area (Å²) in [5.41, 5.74) is -2.45. The summed E-state index contributed by atoms with van der Waals surface area (Å²) in [6, 6.07) is 8.97. The van der Waals surface area contributed by atoms with E-state index in [1.54, 1.807) is 12.1 Å². The summed E-state index contributed by atoms with van der Waals surface area (Å²) in [5, 5.41) is 2.84. The summed E-state index contributed by atoms with van der Waals surface area (Å²) in [4.78, 5) is 47.1. The summed E-state index contributed by atoms with van der Waals surface area (Å²) < 4.78 is 69.2. The molecule has 13 heteroatoms. The topological polar surface area (TPSA) is 82.6 Å². The Balaban J connectivity index is 1.60. The van der Waals surface area contributed by atoms with Crippen LogP contribution in [0.2, 0.25) is 5.02 Å². The normalized spacial score (nSPS) is 22.6. The lowest BCUT2D eigenvalue weighted by Gasteiger charge is -2.41. The van der Waals surface area contributed by atoms with Gasteiger partial charge in [-0.2, -0.15) is 13.2 Å². The van der Waals surface area contributed by atoms with Crippen molar-refractivity contribution >= 4 is 40.8 Å². The first-order valence-corrected chi connectivity index (χ1v) is 13.8. The van der Waals surface area contributed by atoms with Crippen LogP contribution in [0.1, 0.15) is 49.8 Å². The van der Waals surface area contributed by atoms with Gasteiger partial charge >= 0.3 is 6.18 Å². The van der Waals surface area contributed by atoms with Crippen molar-refractivity contribution in [2.75, 3.05) is 9.80 Å². The molecule has 7 nitrogen and oxygen atoms in total. The molecule has 3 aromatic rings. The summed E-state index contributed by atoms with van der Waals surface area (Å²) in [6.45, 7) is 1.40. The van der Waals surface area contributed by atoms with Gasteiger partial charge < -0.3 is 5.32 Å². The van der Waals surface area contributed by atoms with Gasteiger partial charge in [-0.05, 0) is 49.7 Å². The van der Waals surface area contributed by atoms with E-state index in [0.29, 0.717) is 6.07 Å². The Kier molecular flexibility index (Phi) is 8.17. The Morgan fingerprint density at radius 1 is 1.12 bits per heavy atom. The molecular formula is C30H26ClF5N4O3. The number of benzene rings is 2. The van der Waals surface area contributed by atoms with Crippen molar-refractivity contribution in [1.82, 2.24) is 10.3 Å². The van der Waals surface area contributed by atoms with Crippen LogP contribution in [0.25, 0.3) is 0 Å². The van der Waals surface area contributed by atoms with Crippen molar-refractivity contribution in [2.45, 2.75) is 62.6 Å². The second kappa shape index (κ2) is 11.6. The van der Waals surface area contributed by atoms with Crippen molar-refractivity contribution in [3.63, 3.8) is 0 Å². The van der Waals surface area contributed by atoms with Crippen molar-refractivity contribution in [2.24, 2.45) is 0 Å². The van der Waals surface area contributed by atoms with Crippen LogP contribution in [-0.2, 0) is 20.6 Å². The first-order valence-electron chi connectivity index (χ1n) is 13.4. The zero-order chi connectivity index (χ0) is 31.1. The van der Waals surface area contributed by atoms with Crippen LogP contribution < -0.4 is 15.1 Å². The number of carbonyl (C=O) groups excluding carboxylic acids is 3. The van der Waals surface area contributed by atoms with Gasteiger partial charge in [0.15, 0.2) is 0 Å². The Hall–Kier alpha value is -4.06. The minimum atomic E-state index is -4.74. The fourth-order valence-corrected chi connectivity index (χ4v) is 5.80. The average molecular weight is 621 g/mol. The molecule has 2 aromatic carbocycles. The molecule has 5 rings (SSSR count). The number of hydrogen-bond donors (Lipinski definition) is 1. The van der Waals surface area contributed by atoms with Gasteiger partial charge in [0.25, 0.3) is 5.91 Å². The molecule has 2 heterocycles. The lowest BCUT2D eigenvalue weighted by atomic mass is 9.78. The van der Waals surface area contributed by atoms with Crippen LogP contribution in [0.15, 0.2) is 66.9 Å². The molecule has 1 aromatic heterocycles. The molecule has 1 aliphatic carbocycles. The number of halogens is 6. The van der Waals surface area contributed by atoms with Crippen LogP contribution in [0.4, 0.5) is 33.5 Å². The zero-order valence-corrected chi connectivity index (χ0v) is 23.5. The summed E-state index contributed by atoms with van der Waals surface area (Å²) in [6.07, 6.45) is -4.08. The van der Waals surface area contributed by atoms with Gasteiger partial charge in [0.1, 0.15) is 29.4 Å². The molecule has 1 saturated heterocycles. The summed E-state index contributed by atoms with van der Waals surface area (Å²) >= 11 is 6.49. The van der Waals surface area contributed by atoms with Crippen molar-refractivity contribution in [1.29, 1.82) is 0 Å². The van der Waals surface area contributed by atoms with Gasteiger partial charge in [-0.3, -0.25) is 24.2 Å². The van der Waals surface area contributed by atoms with Gasteiger partial charge in [0.2, 0.25) is 11.8 Å². The molecular weight excluding hydrogens is 595 g/mol. The van der Waals surface area contributed by atoms with Gasteiger partial charge in [-0.25, -0.2) is 13.8 Å². The number of alkyl halides is 4. The number of nitrogens with zero attached hydrogens (tertiary/aromatic N) is 3. The maximum absolute atomic E-state index is 14.5. The second-order valence-corrected chi connectivity index (χ2v) is 11.3. The van der Waals surface area contributed by atoms with E-state index in [0.717, 1.165) is 34.2 Å². The Bertz CT molecular complexity index is 1560. The molecule has 2 atom stereocenters. The lowest BCUT2D eigenvalue weighted by Crippen LogP contribution is -2.56. The maximum atomic E-state index is 14.5. The minimum Gasteiger partial charge on any atom is -0.351 e. The van der Waals surface area contributed by atoms with E-state index in [1.807, 2.05) is 0 Å². The molecule has 1 saturated carbocycles. The molecule has 0 radical (unpaired) electrons. The molecule has 0 bridgehead atoms. The van der Waals surface area contributed by atoms with Gasteiger partial charge in [0.05, 0.1) is 5.56 Å². The fourth-order valence-electron chi connectivity index (χ4n) is 5.57. The highest BCUT2D eigenvalue weighted by Gasteiger charge is 2.47. The number of anilines is 2. The Labute approximate surface area is 248 Å². The molecule has 43 heavy (non-hydrogen) atoms. The van der Waals surface area contributed by atoms with E-state index in [-0.39, 0.29) is 42.0 Å². The Morgan fingerprint density at radius 2 is 1.84 bits per heavy atom. The molecule has 0 spiro atoms. The van der Waals surface area contributed by atoms with Crippen LogP contribution in [-0.4, -0.2) is 40.5 Å². The molecule has 3 amide bonds. The van der Waals surface area contributed by atoms with E-state index in [9.17, 15) is 36.3 Å². The van der Waals surface area contributed by atoms with Gasteiger partial charge in [-0.15, -0.1) is 0 Å². The highest BCUT2D eigenvalue weighted by Crippen LogP contribution is 2.39.